The number of carbonyl (C=O) groups is 1. The molecule has 1 aromatic heterocycles. The van der Waals surface area contributed by atoms with Crippen LogP contribution in [0, 0.1) is 6.92 Å². The summed E-state index contributed by atoms with van der Waals surface area (Å²) in [5, 5.41) is 4.66. The summed E-state index contributed by atoms with van der Waals surface area (Å²) in [4.78, 5) is 13.2. The molecule has 4 rings (SSSR count). The fourth-order valence-corrected chi connectivity index (χ4v) is 4.31. The van der Waals surface area contributed by atoms with E-state index < -0.39 is 0 Å². The Morgan fingerprint density at radius 1 is 1.00 bits per heavy atom. The maximum atomic E-state index is 13.2. The molecule has 0 saturated heterocycles. The Hall–Kier alpha value is -3.44. The van der Waals surface area contributed by atoms with Crippen LogP contribution in [0.25, 0.3) is 22.0 Å². The number of ether oxygens (including phenoxy) is 2. The van der Waals surface area contributed by atoms with Gasteiger partial charge in [-0.3, -0.25) is 4.79 Å². The van der Waals surface area contributed by atoms with Gasteiger partial charge in [0.25, 0.3) is 0 Å². The van der Waals surface area contributed by atoms with Crippen molar-refractivity contribution in [3.63, 3.8) is 0 Å². The number of nitrogens with zero attached hydrogens (tertiary/aromatic N) is 1. The van der Waals surface area contributed by atoms with E-state index in [1.165, 1.54) is 0 Å². The second-order valence-electron chi connectivity index (χ2n) is 7.62. The number of carbonyl (C=O) groups excluding carboxylic acids is 1. The Labute approximate surface area is 192 Å². The van der Waals surface area contributed by atoms with Crippen molar-refractivity contribution in [2.24, 2.45) is 7.05 Å². The maximum Gasteiger partial charge on any atom is 0.230 e. The number of aromatic nitrogens is 1. The Morgan fingerprint density at radius 3 is 2.34 bits per heavy atom. The van der Waals surface area contributed by atoms with Crippen molar-refractivity contribution in [3.05, 3.63) is 76.9 Å². The SMILES string of the molecule is COc1cccc(OC)c1NC(=O)Cc1c(-c2ccccc2C)c2cc(Cl)ccc2n1C. The number of nitrogens with one attached hydrogen (secondary N) is 1. The molecule has 0 spiro atoms. The molecular weight excluding hydrogens is 424 g/mol. The van der Waals surface area contributed by atoms with Crippen molar-refractivity contribution in [3.8, 4) is 22.6 Å². The van der Waals surface area contributed by atoms with Crippen molar-refractivity contribution < 1.29 is 14.3 Å². The second kappa shape index (κ2) is 8.97. The highest BCUT2D eigenvalue weighted by Gasteiger charge is 2.22. The molecule has 164 valence electrons. The molecule has 0 unspecified atom stereocenters. The average molecular weight is 449 g/mol. The lowest BCUT2D eigenvalue weighted by Crippen LogP contribution is -2.17. The minimum absolute atomic E-state index is 0.167. The van der Waals surface area contributed by atoms with Crippen LogP contribution < -0.4 is 14.8 Å². The van der Waals surface area contributed by atoms with Crippen LogP contribution in [0.3, 0.4) is 0 Å². The van der Waals surface area contributed by atoms with Gasteiger partial charge in [0.1, 0.15) is 17.2 Å². The largest absolute Gasteiger partial charge is 0.494 e. The number of para-hydroxylation sites is 1. The zero-order valence-electron chi connectivity index (χ0n) is 18.5. The van der Waals surface area contributed by atoms with Crippen molar-refractivity contribution in [2.75, 3.05) is 19.5 Å². The zero-order chi connectivity index (χ0) is 22.8. The summed E-state index contributed by atoms with van der Waals surface area (Å²) in [6, 6.07) is 19.4. The molecule has 6 heteroatoms. The van der Waals surface area contributed by atoms with Gasteiger partial charge >= 0.3 is 0 Å². The fraction of sp³-hybridized carbons (Fsp3) is 0.192. The van der Waals surface area contributed by atoms with Crippen molar-refractivity contribution in [2.45, 2.75) is 13.3 Å². The molecule has 3 aromatic carbocycles. The third-order valence-electron chi connectivity index (χ3n) is 5.72. The summed E-state index contributed by atoms with van der Waals surface area (Å²) in [5.41, 5.74) is 5.67. The van der Waals surface area contributed by atoms with Crippen LogP contribution >= 0.6 is 11.6 Å². The lowest BCUT2D eigenvalue weighted by molar-refractivity contribution is -0.115. The topological polar surface area (TPSA) is 52.5 Å². The number of hydrogen-bond donors (Lipinski definition) is 1. The number of anilines is 1. The van der Waals surface area contributed by atoms with Gasteiger partial charge in [0.15, 0.2) is 0 Å². The molecule has 4 aromatic rings. The van der Waals surface area contributed by atoms with E-state index in [1.807, 2.05) is 43.4 Å². The van der Waals surface area contributed by atoms with Crippen LogP contribution in [-0.2, 0) is 18.3 Å². The molecule has 1 N–H and O–H groups in total. The molecule has 0 bridgehead atoms. The summed E-state index contributed by atoms with van der Waals surface area (Å²) in [6.45, 7) is 2.07. The highest BCUT2D eigenvalue weighted by molar-refractivity contribution is 6.31. The first kappa shape index (κ1) is 21.8. The third kappa shape index (κ3) is 3.92. The number of hydrogen-bond acceptors (Lipinski definition) is 3. The summed E-state index contributed by atoms with van der Waals surface area (Å²) in [7, 11) is 5.10. The molecule has 0 saturated carbocycles. The molecule has 1 heterocycles. The van der Waals surface area contributed by atoms with Crippen LogP contribution in [0.2, 0.25) is 5.02 Å². The average Bonchev–Trinajstić information content (AvgIpc) is 3.04. The van der Waals surface area contributed by atoms with Gasteiger partial charge in [-0.15, -0.1) is 0 Å². The Bertz CT molecular complexity index is 1290. The first-order chi connectivity index (χ1) is 15.4. The third-order valence-corrected chi connectivity index (χ3v) is 5.95. The van der Waals surface area contributed by atoms with E-state index in [-0.39, 0.29) is 12.3 Å². The summed E-state index contributed by atoms with van der Waals surface area (Å²) < 4.78 is 12.9. The minimum Gasteiger partial charge on any atom is -0.494 e. The number of benzene rings is 3. The number of rotatable bonds is 6. The van der Waals surface area contributed by atoms with E-state index >= 15 is 0 Å². The molecule has 5 nitrogen and oxygen atoms in total. The van der Waals surface area contributed by atoms with E-state index in [1.54, 1.807) is 26.4 Å². The Kier molecular flexibility index (Phi) is 6.10. The van der Waals surface area contributed by atoms with Gasteiger partial charge in [-0.2, -0.15) is 0 Å². The van der Waals surface area contributed by atoms with Crippen LogP contribution in [0.15, 0.2) is 60.7 Å². The van der Waals surface area contributed by atoms with Crippen LogP contribution in [0.4, 0.5) is 5.69 Å². The maximum absolute atomic E-state index is 13.2. The second-order valence-corrected chi connectivity index (χ2v) is 8.06. The number of methoxy groups -OCH3 is 2. The fourth-order valence-electron chi connectivity index (χ4n) is 4.14. The van der Waals surface area contributed by atoms with Gasteiger partial charge in [-0.1, -0.05) is 41.9 Å². The van der Waals surface area contributed by atoms with Crippen molar-refractivity contribution in [1.29, 1.82) is 0 Å². The smallest absolute Gasteiger partial charge is 0.230 e. The van der Waals surface area contributed by atoms with Gasteiger partial charge in [0.2, 0.25) is 5.91 Å². The van der Waals surface area contributed by atoms with E-state index in [9.17, 15) is 4.79 Å². The summed E-state index contributed by atoms with van der Waals surface area (Å²) >= 11 is 6.34. The monoisotopic (exact) mass is 448 g/mol. The van der Waals surface area contributed by atoms with Gasteiger partial charge < -0.3 is 19.4 Å². The first-order valence-electron chi connectivity index (χ1n) is 10.3. The van der Waals surface area contributed by atoms with Crippen molar-refractivity contribution >= 4 is 34.1 Å². The number of aryl methyl sites for hydroxylation is 2. The first-order valence-corrected chi connectivity index (χ1v) is 10.7. The Balaban J connectivity index is 1.81. The van der Waals surface area contributed by atoms with Crippen LogP contribution in [0.1, 0.15) is 11.3 Å². The normalized spacial score (nSPS) is 10.9. The van der Waals surface area contributed by atoms with E-state index in [0.717, 1.165) is 33.3 Å². The zero-order valence-corrected chi connectivity index (χ0v) is 19.3. The highest BCUT2D eigenvalue weighted by Crippen LogP contribution is 2.38. The molecule has 0 aliphatic heterocycles. The highest BCUT2D eigenvalue weighted by atomic mass is 35.5. The number of amides is 1. The molecule has 0 aliphatic rings. The number of halogens is 1. The minimum atomic E-state index is -0.167. The predicted octanol–water partition coefficient (Wildman–Crippen LogP) is 6.01. The Morgan fingerprint density at radius 2 is 1.69 bits per heavy atom. The summed E-state index contributed by atoms with van der Waals surface area (Å²) in [6.07, 6.45) is 0.174. The van der Waals surface area contributed by atoms with Crippen molar-refractivity contribution in [1.82, 2.24) is 4.57 Å². The lowest BCUT2D eigenvalue weighted by Gasteiger charge is -2.15. The van der Waals surface area contributed by atoms with Gasteiger partial charge in [-0.05, 0) is 48.4 Å². The standard InChI is InChI=1S/C26H25ClN2O3/c1-16-8-5-6-9-18(16)25-19-14-17(27)12-13-20(19)29(2)21(25)15-24(30)28-26-22(31-3)10-7-11-23(26)32-4/h5-14H,15H2,1-4H3,(H,28,30). The van der Waals surface area contributed by atoms with Gasteiger partial charge in [0.05, 0.1) is 20.6 Å². The van der Waals surface area contributed by atoms with Crippen LogP contribution in [0.5, 0.6) is 11.5 Å². The van der Waals surface area contributed by atoms with E-state index in [0.29, 0.717) is 22.2 Å². The molecule has 0 radical (unpaired) electrons. The van der Waals surface area contributed by atoms with E-state index in [2.05, 4.69) is 28.9 Å². The molecule has 0 aliphatic carbocycles. The van der Waals surface area contributed by atoms with Gasteiger partial charge in [-0.25, -0.2) is 0 Å². The van der Waals surface area contributed by atoms with E-state index in [4.69, 9.17) is 21.1 Å². The lowest BCUT2D eigenvalue weighted by atomic mass is 9.96. The molecular formula is C26H25ClN2O3. The van der Waals surface area contributed by atoms with Crippen LogP contribution in [-0.4, -0.2) is 24.7 Å². The molecule has 32 heavy (non-hydrogen) atoms. The summed E-state index contributed by atoms with van der Waals surface area (Å²) in [5.74, 6) is 0.918. The van der Waals surface area contributed by atoms with Gasteiger partial charge in [0, 0.05) is 34.2 Å². The molecule has 0 atom stereocenters. The molecule has 1 amide bonds. The number of fused-ring (bicyclic) bond motifs is 1. The predicted molar refractivity (Wildman–Crippen MR) is 130 cm³/mol. The molecule has 0 fully saturated rings. The quantitative estimate of drug-likeness (QED) is 0.393.